The zero-order valence-corrected chi connectivity index (χ0v) is 16.3. The second kappa shape index (κ2) is 8.10. The minimum absolute atomic E-state index is 0.0345. The van der Waals surface area contributed by atoms with Crippen LogP contribution in [0.1, 0.15) is 50.4 Å². The van der Waals surface area contributed by atoms with Gasteiger partial charge in [0.15, 0.2) is 0 Å². The number of amides is 3. The van der Waals surface area contributed by atoms with Crippen molar-refractivity contribution in [1.82, 2.24) is 15.2 Å². The van der Waals surface area contributed by atoms with E-state index in [4.69, 9.17) is 0 Å². The summed E-state index contributed by atoms with van der Waals surface area (Å²) in [5.74, 6) is -0.404. The molecule has 1 saturated heterocycles. The van der Waals surface area contributed by atoms with Gasteiger partial charge < -0.3 is 15.5 Å². The summed E-state index contributed by atoms with van der Waals surface area (Å²) in [6.07, 6.45) is 7.35. The molecule has 1 aliphatic heterocycles. The molecule has 2 aromatic rings. The maximum Gasteiger partial charge on any atom is 0.257 e. The van der Waals surface area contributed by atoms with Crippen LogP contribution in [-0.2, 0) is 17.6 Å². The van der Waals surface area contributed by atoms with Gasteiger partial charge in [0.25, 0.3) is 11.8 Å². The van der Waals surface area contributed by atoms with Crippen molar-refractivity contribution in [2.75, 3.05) is 25.0 Å². The zero-order chi connectivity index (χ0) is 19.5. The van der Waals surface area contributed by atoms with Gasteiger partial charge >= 0.3 is 0 Å². The van der Waals surface area contributed by atoms with E-state index in [2.05, 4.69) is 15.6 Å². The molecule has 2 N–H and O–H groups in total. The number of pyridine rings is 1. The van der Waals surface area contributed by atoms with Crippen molar-refractivity contribution in [3.63, 3.8) is 0 Å². The molecule has 28 heavy (non-hydrogen) atoms. The van der Waals surface area contributed by atoms with Gasteiger partial charge in [-0.05, 0) is 43.4 Å². The third-order valence-electron chi connectivity index (χ3n) is 5.14. The third kappa shape index (κ3) is 3.77. The summed E-state index contributed by atoms with van der Waals surface area (Å²) in [7, 11) is 0. The van der Waals surface area contributed by atoms with Crippen molar-refractivity contribution in [3.05, 3.63) is 46.1 Å². The zero-order valence-electron chi connectivity index (χ0n) is 15.5. The van der Waals surface area contributed by atoms with Crippen molar-refractivity contribution in [3.8, 4) is 0 Å². The molecule has 1 fully saturated rings. The second-order valence-electron chi connectivity index (χ2n) is 7.00. The summed E-state index contributed by atoms with van der Waals surface area (Å²) in [6.45, 7) is 1.32. The summed E-state index contributed by atoms with van der Waals surface area (Å²) in [4.78, 5) is 44.5. The molecule has 0 unspecified atom stereocenters. The monoisotopic (exact) mass is 398 g/mol. The topological polar surface area (TPSA) is 91.4 Å². The average molecular weight is 398 g/mol. The molecule has 1 aliphatic carbocycles. The quantitative estimate of drug-likeness (QED) is 0.830. The molecule has 0 saturated carbocycles. The Kier molecular flexibility index (Phi) is 5.38. The second-order valence-corrected chi connectivity index (χ2v) is 8.11. The van der Waals surface area contributed by atoms with E-state index in [0.29, 0.717) is 42.2 Å². The van der Waals surface area contributed by atoms with Gasteiger partial charge in [0.1, 0.15) is 5.00 Å². The van der Waals surface area contributed by atoms with Crippen LogP contribution in [0.4, 0.5) is 5.00 Å². The number of hydrogen-bond donors (Lipinski definition) is 2. The number of hydrogen-bond acceptors (Lipinski definition) is 5. The number of aryl methyl sites for hydroxylation is 1. The fraction of sp³-hybridized carbons (Fsp3) is 0.400. The van der Waals surface area contributed by atoms with Gasteiger partial charge in [-0.3, -0.25) is 19.4 Å². The lowest BCUT2D eigenvalue weighted by molar-refractivity contribution is -0.120. The van der Waals surface area contributed by atoms with E-state index in [1.807, 2.05) is 0 Å². The van der Waals surface area contributed by atoms with E-state index in [1.165, 1.54) is 22.4 Å². The molecule has 3 amide bonds. The predicted octanol–water partition coefficient (Wildman–Crippen LogP) is 2.24. The molecule has 2 aromatic heterocycles. The molecular formula is C20H22N4O3S. The maximum absolute atomic E-state index is 13.4. The van der Waals surface area contributed by atoms with Crippen LogP contribution in [0.2, 0.25) is 0 Å². The molecule has 0 radical (unpaired) electrons. The lowest BCUT2D eigenvalue weighted by Gasteiger charge is -2.21. The number of rotatable bonds is 3. The molecule has 0 atom stereocenters. The number of carbonyl (C=O) groups excluding carboxylic acids is 3. The van der Waals surface area contributed by atoms with E-state index in [9.17, 15) is 14.4 Å². The Morgan fingerprint density at radius 1 is 1.18 bits per heavy atom. The highest BCUT2D eigenvalue weighted by Gasteiger charge is 2.30. The van der Waals surface area contributed by atoms with E-state index in [0.717, 1.165) is 31.2 Å². The van der Waals surface area contributed by atoms with Crippen molar-refractivity contribution >= 4 is 34.1 Å². The van der Waals surface area contributed by atoms with Crippen LogP contribution in [0, 0.1) is 0 Å². The number of anilines is 1. The largest absolute Gasteiger partial charge is 0.354 e. The molecule has 8 heteroatoms. The lowest BCUT2D eigenvalue weighted by Crippen LogP contribution is -2.35. The molecule has 3 heterocycles. The Balaban J connectivity index is 1.65. The minimum atomic E-state index is -0.270. The van der Waals surface area contributed by atoms with Crippen molar-refractivity contribution in [2.24, 2.45) is 0 Å². The number of nitrogens with zero attached hydrogens (tertiary/aromatic N) is 2. The molecule has 0 aromatic carbocycles. The van der Waals surface area contributed by atoms with Crippen LogP contribution in [0.3, 0.4) is 0 Å². The van der Waals surface area contributed by atoms with Crippen molar-refractivity contribution in [1.29, 1.82) is 0 Å². The Morgan fingerprint density at radius 3 is 2.86 bits per heavy atom. The van der Waals surface area contributed by atoms with Gasteiger partial charge in [-0.2, -0.15) is 0 Å². The Bertz CT molecular complexity index is 910. The number of thiophene rings is 1. The van der Waals surface area contributed by atoms with E-state index < -0.39 is 0 Å². The van der Waals surface area contributed by atoms with Crippen LogP contribution in [0.5, 0.6) is 0 Å². The number of carbonyl (C=O) groups is 3. The highest BCUT2D eigenvalue weighted by atomic mass is 32.1. The van der Waals surface area contributed by atoms with Gasteiger partial charge in [-0.1, -0.05) is 0 Å². The van der Waals surface area contributed by atoms with Gasteiger partial charge in [-0.25, -0.2) is 0 Å². The Morgan fingerprint density at radius 2 is 2.04 bits per heavy atom. The highest BCUT2D eigenvalue weighted by Crippen LogP contribution is 2.39. The fourth-order valence-corrected chi connectivity index (χ4v) is 4.96. The molecule has 4 rings (SSSR count). The van der Waals surface area contributed by atoms with Crippen LogP contribution in [-0.4, -0.2) is 47.2 Å². The van der Waals surface area contributed by atoms with Crippen LogP contribution < -0.4 is 10.6 Å². The normalized spacial score (nSPS) is 16.7. The summed E-state index contributed by atoms with van der Waals surface area (Å²) in [5, 5.41) is 6.34. The van der Waals surface area contributed by atoms with E-state index in [-0.39, 0.29) is 17.7 Å². The number of fused-ring (bicyclic) bond motifs is 1. The minimum Gasteiger partial charge on any atom is -0.354 e. The first kappa shape index (κ1) is 18.6. The van der Waals surface area contributed by atoms with Crippen LogP contribution >= 0.6 is 11.3 Å². The Hall–Kier alpha value is -2.74. The lowest BCUT2D eigenvalue weighted by atomic mass is 9.95. The molecule has 7 nitrogen and oxygen atoms in total. The standard InChI is InChI=1S/C20H22N4O3S/c25-16-7-10-24(11-9-22-16)20(27)17-14-5-1-2-6-15(14)28-19(17)23-18(26)13-4-3-8-21-12-13/h3-4,8,12H,1-2,5-7,9-11H2,(H,22,25)(H,23,26). The highest BCUT2D eigenvalue weighted by molar-refractivity contribution is 7.17. The van der Waals surface area contributed by atoms with Crippen molar-refractivity contribution in [2.45, 2.75) is 32.1 Å². The summed E-state index contributed by atoms with van der Waals surface area (Å²) >= 11 is 1.50. The molecular weight excluding hydrogens is 376 g/mol. The molecule has 146 valence electrons. The van der Waals surface area contributed by atoms with E-state index in [1.54, 1.807) is 23.2 Å². The first-order valence-electron chi connectivity index (χ1n) is 9.55. The first-order valence-corrected chi connectivity index (χ1v) is 10.4. The van der Waals surface area contributed by atoms with Crippen LogP contribution in [0.15, 0.2) is 24.5 Å². The summed E-state index contributed by atoms with van der Waals surface area (Å²) < 4.78 is 0. The van der Waals surface area contributed by atoms with Gasteiger partial charge in [0.05, 0.1) is 11.1 Å². The smallest absolute Gasteiger partial charge is 0.257 e. The third-order valence-corrected chi connectivity index (χ3v) is 6.34. The first-order chi connectivity index (χ1) is 13.6. The molecule has 2 aliphatic rings. The van der Waals surface area contributed by atoms with Gasteiger partial charge in [0, 0.05) is 43.3 Å². The average Bonchev–Trinajstić information content (AvgIpc) is 2.93. The SMILES string of the molecule is O=C1CCN(C(=O)c2c(NC(=O)c3cccnc3)sc3c2CCCC3)CCN1. The number of aromatic nitrogens is 1. The van der Waals surface area contributed by atoms with Crippen LogP contribution in [0.25, 0.3) is 0 Å². The Labute approximate surface area is 167 Å². The predicted molar refractivity (Wildman–Crippen MR) is 107 cm³/mol. The van der Waals surface area contributed by atoms with Gasteiger partial charge in [0.2, 0.25) is 5.91 Å². The summed E-state index contributed by atoms with van der Waals surface area (Å²) in [5.41, 5.74) is 2.12. The maximum atomic E-state index is 13.4. The summed E-state index contributed by atoms with van der Waals surface area (Å²) in [6, 6.07) is 3.41. The number of nitrogens with one attached hydrogen (secondary N) is 2. The molecule has 0 bridgehead atoms. The van der Waals surface area contributed by atoms with E-state index >= 15 is 0 Å². The van der Waals surface area contributed by atoms with Crippen molar-refractivity contribution < 1.29 is 14.4 Å². The molecule has 0 spiro atoms. The van der Waals surface area contributed by atoms with Gasteiger partial charge in [-0.15, -0.1) is 11.3 Å². The fourth-order valence-electron chi connectivity index (χ4n) is 3.68.